The van der Waals surface area contributed by atoms with Crippen molar-refractivity contribution in [1.29, 1.82) is 0 Å². The van der Waals surface area contributed by atoms with Crippen LogP contribution in [-0.2, 0) is 0 Å². The zero-order valence-electron chi connectivity index (χ0n) is 8.20. The molecule has 76 valence electrons. The van der Waals surface area contributed by atoms with Crippen molar-refractivity contribution in [3.05, 3.63) is 24.3 Å². The Labute approximate surface area is 86.6 Å². The number of fused-ring (bicyclic) bond motifs is 1. The zero-order valence-corrected chi connectivity index (χ0v) is 8.20. The molecule has 5 heteroatoms. The largest absolute Gasteiger partial charge is 0.313 e. The summed E-state index contributed by atoms with van der Waals surface area (Å²) in [6.07, 6.45) is 6.67. The summed E-state index contributed by atoms with van der Waals surface area (Å²) in [4.78, 5) is 8.77. The van der Waals surface area contributed by atoms with Gasteiger partial charge in [0.25, 0.3) is 0 Å². The van der Waals surface area contributed by atoms with Gasteiger partial charge in [0.2, 0.25) is 0 Å². The zero-order chi connectivity index (χ0) is 10.1. The highest BCUT2D eigenvalue weighted by atomic mass is 15.1. The third-order valence-electron chi connectivity index (χ3n) is 2.54. The van der Waals surface area contributed by atoms with Crippen molar-refractivity contribution in [3.8, 4) is 0 Å². The van der Waals surface area contributed by atoms with Gasteiger partial charge in [0, 0.05) is 12.7 Å². The lowest BCUT2D eigenvalue weighted by atomic mass is 10.1. The lowest BCUT2D eigenvalue weighted by Crippen LogP contribution is -2.20. The van der Waals surface area contributed by atoms with E-state index in [1.165, 1.54) is 5.57 Å². The van der Waals surface area contributed by atoms with Crippen molar-refractivity contribution in [2.45, 2.75) is 6.42 Å². The summed E-state index contributed by atoms with van der Waals surface area (Å²) in [7, 11) is 0. The smallest absolute Gasteiger partial charge is 0.159 e. The highest BCUT2D eigenvalue weighted by Gasteiger charge is 2.09. The van der Waals surface area contributed by atoms with Crippen molar-refractivity contribution >= 4 is 16.6 Å². The summed E-state index contributed by atoms with van der Waals surface area (Å²) in [5, 5.41) is 11.0. The van der Waals surface area contributed by atoms with Gasteiger partial charge in [-0.1, -0.05) is 6.08 Å². The molecule has 15 heavy (non-hydrogen) atoms. The fraction of sp³-hybridized carbons (Fsp3) is 0.300. The van der Waals surface area contributed by atoms with E-state index in [1.807, 2.05) is 6.20 Å². The molecular weight excluding hydrogens is 190 g/mol. The van der Waals surface area contributed by atoms with Gasteiger partial charge in [-0.25, -0.2) is 9.97 Å². The predicted molar refractivity (Wildman–Crippen MR) is 57.1 cm³/mol. The minimum absolute atomic E-state index is 0.805. The van der Waals surface area contributed by atoms with E-state index in [1.54, 1.807) is 6.20 Å². The molecule has 0 saturated heterocycles. The average Bonchev–Trinajstić information content (AvgIpc) is 2.77. The van der Waals surface area contributed by atoms with Gasteiger partial charge >= 0.3 is 0 Å². The number of H-pyrrole nitrogens is 1. The topological polar surface area (TPSA) is 66.5 Å². The van der Waals surface area contributed by atoms with Crippen LogP contribution in [-0.4, -0.2) is 33.3 Å². The van der Waals surface area contributed by atoms with Gasteiger partial charge in [-0.2, -0.15) is 5.10 Å². The van der Waals surface area contributed by atoms with Crippen LogP contribution in [0.3, 0.4) is 0 Å². The maximum absolute atomic E-state index is 4.43. The van der Waals surface area contributed by atoms with Crippen LogP contribution < -0.4 is 5.32 Å². The number of nitrogens with zero attached hydrogens (tertiary/aromatic N) is 3. The molecule has 1 aliphatic heterocycles. The Morgan fingerprint density at radius 2 is 2.27 bits per heavy atom. The standard InChI is InChI=1S/C10H11N5/c1-3-11-4-2-7(1)9-12-5-8-6-13-15-10(8)14-9/h1,5-6,11H,2-4H2,(H,12,13,14,15). The average molecular weight is 201 g/mol. The highest BCUT2D eigenvalue weighted by molar-refractivity contribution is 5.74. The predicted octanol–water partition coefficient (Wildman–Crippen LogP) is 0.730. The minimum Gasteiger partial charge on any atom is -0.313 e. The van der Waals surface area contributed by atoms with Crippen LogP contribution in [0.1, 0.15) is 12.2 Å². The van der Waals surface area contributed by atoms with Gasteiger partial charge in [-0.3, -0.25) is 5.10 Å². The summed E-state index contributed by atoms with van der Waals surface area (Å²) in [5.41, 5.74) is 2.02. The van der Waals surface area contributed by atoms with E-state index in [9.17, 15) is 0 Å². The molecule has 0 unspecified atom stereocenters. The molecule has 0 radical (unpaired) electrons. The Morgan fingerprint density at radius 1 is 1.27 bits per heavy atom. The summed E-state index contributed by atoms with van der Waals surface area (Å²) >= 11 is 0. The summed E-state index contributed by atoms with van der Waals surface area (Å²) in [5.74, 6) is 0.813. The SMILES string of the molecule is C1=C(c2ncc3cn[nH]c3n2)CCNC1. The molecule has 0 amide bonds. The van der Waals surface area contributed by atoms with E-state index in [0.29, 0.717) is 0 Å². The van der Waals surface area contributed by atoms with Crippen LogP contribution >= 0.6 is 0 Å². The fourth-order valence-electron chi connectivity index (χ4n) is 1.72. The second kappa shape index (κ2) is 3.43. The van der Waals surface area contributed by atoms with Gasteiger partial charge in [0.15, 0.2) is 11.5 Å². The molecule has 1 aliphatic rings. The monoisotopic (exact) mass is 201 g/mol. The molecule has 2 aromatic rings. The molecular formula is C10H11N5. The van der Waals surface area contributed by atoms with Gasteiger partial charge in [0.05, 0.1) is 11.6 Å². The molecule has 0 bridgehead atoms. The van der Waals surface area contributed by atoms with Crippen molar-refractivity contribution in [2.24, 2.45) is 0 Å². The number of hydrogen-bond acceptors (Lipinski definition) is 4. The van der Waals surface area contributed by atoms with Crippen LogP contribution in [0.5, 0.6) is 0 Å². The van der Waals surface area contributed by atoms with E-state index >= 15 is 0 Å². The van der Waals surface area contributed by atoms with Crippen LogP contribution in [0.2, 0.25) is 0 Å². The Balaban J connectivity index is 2.06. The second-order valence-electron chi connectivity index (χ2n) is 3.55. The van der Waals surface area contributed by atoms with Gasteiger partial charge in [-0.05, 0) is 18.5 Å². The Bertz CT molecular complexity index is 513. The quantitative estimate of drug-likeness (QED) is 0.713. The second-order valence-corrected chi connectivity index (χ2v) is 3.55. The Hall–Kier alpha value is -1.75. The minimum atomic E-state index is 0.805. The molecule has 0 aliphatic carbocycles. The van der Waals surface area contributed by atoms with E-state index in [2.05, 4.69) is 31.6 Å². The number of rotatable bonds is 1. The van der Waals surface area contributed by atoms with Crippen LogP contribution in [0, 0.1) is 0 Å². The van der Waals surface area contributed by atoms with E-state index in [-0.39, 0.29) is 0 Å². The molecule has 2 aromatic heterocycles. The van der Waals surface area contributed by atoms with E-state index in [4.69, 9.17) is 0 Å². The number of aromatic amines is 1. The summed E-state index contributed by atoms with van der Waals surface area (Å²) < 4.78 is 0. The molecule has 0 atom stereocenters. The maximum atomic E-state index is 4.43. The molecule has 3 heterocycles. The summed E-state index contributed by atoms with van der Waals surface area (Å²) in [6.45, 7) is 1.90. The van der Waals surface area contributed by atoms with E-state index in [0.717, 1.165) is 36.4 Å². The lowest BCUT2D eigenvalue weighted by Gasteiger charge is -2.12. The van der Waals surface area contributed by atoms with Gasteiger partial charge in [-0.15, -0.1) is 0 Å². The first-order valence-corrected chi connectivity index (χ1v) is 5.00. The maximum Gasteiger partial charge on any atom is 0.159 e. The first kappa shape index (κ1) is 8.55. The fourth-order valence-corrected chi connectivity index (χ4v) is 1.72. The molecule has 2 N–H and O–H groups in total. The molecule has 3 rings (SSSR count). The number of nitrogens with one attached hydrogen (secondary N) is 2. The molecule has 5 nitrogen and oxygen atoms in total. The van der Waals surface area contributed by atoms with Gasteiger partial charge in [0.1, 0.15) is 0 Å². The molecule has 0 aromatic carbocycles. The number of hydrogen-bond donors (Lipinski definition) is 2. The molecule has 0 fully saturated rings. The normalized spacial score (nSPS) is 16.7. The highest BCUT2D eigenvalue weighted by Crippen LogP contribution is 2.17. The third kappa shape index (κ3) is 1.50. The third-order valence-corrected chi connectivity index (χ3v) is 2.54. The van der Waals surface area contributed by atoms with Crippen molar-refractivity contribution in [2.75, 3.05) is 13.1 Å². The summed E-state index contributed by atoms with van der Waals surface area (Å²) in [6, 6.07) is 0. The van der Waals surface area contributed by atoms with Crippen LogP contribution in [0.4, 0.5) is 0 Å². The Morgan fingerprint density at radius 3 is 3.13 bits per heavy atom. The molecule has 0 saturated carbocycles. The first-order chi connectivity index (χ1) is 7.43. The van der Waals surface area contributed by atoms with Crippen molar-refractivity contribution in [3.63, 3.8) is 0 Å². The van der Waals surface area contributed by atoms with Crippen LogP contribution in [0.15, 0.2) is 18.5 Å². The van der Waals surface area contributed by atoms with Gasteiger partial charge < -0.3 is 5.32 Å². The van der Waals surface area contributed by atoms with Crippen molar-refractivity contribution < 1.29 is 0 Å². The number of aromatic nitrogens is 4. The Kier molecular flexibility index (Phi) is 1.96. The van der Waals surface area contributed by atoms with Crippen molar-refractivity contribution in [1.82, 2.24) is 25.5 Å². The van der Waals surface area contributed by atoms with E-state index < -0.39 is 0 Å². The lowest BCUT2D eigenvalue weighted by molar-refractivity contribution is 0.734. The first-order valence-electron chi connectivity index (χ1n) is 5.00. The molecule has 0 spiro atoms. The van der Waals surface area contributed by atoms with Crippen LogP contribution in [0.25, 0.3) is 16.6 Å².